The predicted octanol–water partition coefficient (Wildman–Crippen LogP) is 4.14. The summed E-state index contributed by atoms with van der Waals surface area (Å²) >= 11 is 0. The number of amides is 3. The number of benzene rings is 1. The van der Waals surface area contributed by atoms with Crippen LogP contribution in [0, 0.1) is 11.8 Å². The maximum Gasteiger partial charge on any atom is 0.256 e. The lowest BCUT2D eigenvalue weighted by molar-refractivity contribution is -0.131. The van der Waals surface area contributed by atoms with E-state index in [1.54, 1.807) is 0 Å². The Labute approximate surface area is 203 Å². The Kier molecular flexibility index (Phi) is 8.11. The van der Waals surface area contributed by atoms with Gasteiger partial charge in [-0.2, -0.15) is 0 Å². The van der Waals surface area contributed by atoms with Crippen molar-refractivity contribution in [1.29, 1.82) is 0 Å². The largest absolute Gasteiger partial charge is 0.369 e. The molecule has 3 fully saturated rings. The third-order valence-electron chi connectivity index (χ3n) is 7.39. The maximum atomic E-state index is 13.6. The van der Waals surface area contributed by atoms with Gasteiger partial charge in [0.05, 0.1) is 5.56 Å². The van der Waals surface area contributed by atoms with E-state index in [1.807, 2.05) is 28.0 Å². The second kappa shape index (κ2) is 11.2. The summed E-state index contributed by atoms with van der Waals surface area (Å²) in [4.78, 5) is 44.9. The van der Waals surface area contributed by atoms with Gasteiger partial charge in [0.25, 0.3) is 5.91 Å². The van der Waals surface area contributed by atoms with E-state index in [4.69, 9.17) is 0 Å². The molecule has 4 rings (SSSR count). The molecule has 34 heavy (non-hydrogen) atoms. The lowest BCUT2D eigenvalue weighted by Gasteiger charge is -2.31. The molecule has 1 aromatic carbocycles. The zero-order valence-electron chi connectivity index (χ0n) is 20.9. The zero-order valence-corrected chi connectivity index (χ0v) is 20.9. The average molecular weight is 469 g/mol. The van der Waals surface area contributed by atoms with Crippen LogP contribution in [0.1, 0.15) is 75.6 Å². The quantitative estimate of drug-likeness (QED) is 0.681. The van der Waals surface area contributed by atoms with E-state index in [1.165, 1.54) is 6.42 Å². The van der Waals surface area contributed by atoms with Gasteiger partial charge in [-0.15, -0.1) is 0 Å². The van der Waals surface area contributed by atoms with Crippen LogP contribution in [0.5, 0.6) is 0 Å². The molecule has 2 heterocycles. The maximum absolute atomic E-state index is 13.6. The number of nitrogens with one attached hydrogen (secondary N) is 1. The molecule has 0 radical (unpaired) electrons. The molecule has 1 saturated carbocycles. The van der Waals surface area contributed by atoms with Crippen molar-refractivity contribution in [3.05, 3.63) is 23.8 Å². The molecule has 2 saturated heterocycles. The summed E-state index contributed by atoms with van der Waals surface area (Å²) in [7, 11) is 0. The minimum atomic E-state index is 0.0476. The summed E-state index contributed by atoms with van der Waals surface area (Å²) in [6.45, 7) is 8.66. The summed E-state index contributed by atoms with van der Waals surface area (Å²) < 4.78 is 0. The van der Waals surface area contributed by atoms with Gasteiger partial charge in [-0.05, 0) is 62.6 Å². The smallest absolute Gasteiger partial charge is 0.256 e. The predicted molar refractivity (Wildman–Crippen MR) is 135 cm³/mol. The van der Waals surface area contributed by atoms with Crippen molar-refractivity contribution < 1.29 is 14.4 Å². The number of piperidine rings is 1. The molecule has 1 aliphatic carbocycles. The van der Waals surface area contributed by atoms with E-state index in [0.29, 0.717) is 36.7 Å². The second-order valence-electron chi connectivity index (χ2n) is 10.5. The fourth-order valence-electron chi connectivity index (χ4n) is 5.13. The first-order chi connectivity index (χ1) is 16.4. The van der Waals surface area contributed by atoms with Gasteiger partial charge in [-0.3, -0.25) is 14.4 Å². The molecule has 0 spiro atoms. The number of likely N-dealkylation sites (tertiary alicyclic amines) is 1. The highest BCUT2D eigenvalue weighted by atomic mass is 16.2. The second-order valence-corrected chi connectivity index (χ2v) is 10.5. The highest BCUT2D eigenvalue weighted by molar-refractivity contribution is 6.02. The Balaban J connectivity index is 1.54. The minimum Gasteiger partial charge on any atom is -0.369 e. The molecule has 186 valence electrons. The van der Waals surface area contributed by atoms with Crippen LogP contribution in [0.25, 0.3) is 0 Å². The van der Waals surface area contributed by atoms with Crippen LogP contribution in [0.4, 0.5) is 11.4 Å². The monoisotopic (exact) mass is 468 g/mol. The topological polar surface area (TPSA) is 73.0 Å². The summed E-state index contributed by atoms with van der Waals surface area (Å²) in [6, 6.07) is 5.78. The van der Waals surface area contributed by atoms with E-state index >= 15 is 0 Å². The molecule has 7 nitrogen and oxygen atoms in total. The molecule has 3 aliphatic rings. The highest BCUT2D eigenvalue weighted by Gasteiger charge is 2.28. The van der Waals surface area contributed by atoms with Gasteiger partial charge in [0.1, 0.15) is 0 Å². The van der Waals surface area contributed by atoms with Gasteiger partial charge < -0.3 is 20.0 Å². The molecule has 3 amide bonds. The fourth-order valence-corrected chi connectivity index (χ4v) is 5.13. The zero-order chi connectivity index (χ0) is 24.1. The van der Waals surface area contributed by atoms with E-state index in [-0.39, 0.29) is 23.6 Å². The van der Waals surface area contributed by atoms with Crippen LogP contribution in [0.2, 0.25) is 0 Å². The third-order valence-corrected chi connectivity index (χ3v) is 7.39. The van der Waals surface area contributed by atoms with E-state index in [0.717, 1.165) is 70.4 Å². The molecule has 0 bridgehead atoms. The molecule has 1 aromatic rings. The third kappa shape index (κ3) is 5.91. The molecule has 0 unspecified atom stereocenters. The van der Waals surface area contributed by atoms with Crippen LogP contribution in [0.3, 0.4) is 0 Å². The van der Waals surface area contributed by atoms with Gasteiger partial charge in [0.15, 0.2) is 0 Å². The first-order valence-electron chi connectivity index (χ1n) is 13.2. The van der Waals surface area contributed by atoms with Crippen LogP contribution in [-0.2, 0) is 9.59 Å². The van der Waals surface area contributed by atoms with Gasteiger partial charge in [0.2, 0.25) is 11.8 Å². The molecular formula is C27H40N4O3. The van der Waals surface area contributed by atoms with Crippen LogP contribution in [0.15, 0.2) is 18.2 Å². The van der Waals surface area contributed by atoms with Crippen LogP contribution in [-0.4, -0.2) is 66.8 Å². The summed E-state index contributed by atoms with van der Waals surface area (Å²) in [5.41, 5.74) is 2.27. The molecular weight excluding hydrogens is 428 g/mol. The highest BCUT2D eigenvalue weighted by Crippen LogP contribution is 2.31. The number of rotatable bonds is 6. The standard InChI is InChI=1S/C27H40N4O3/c1-20(2)18-25(32)30-15-7-14-29(16-17-30)24-11-10-22(28-26(33)21-8-6-9-21)19-23(24)27(34)31-12-4-3-5-13-31/h10-11,19-21H,3-9,12-18H2,1-2H3,(H,28,33). The number of nitrogens with zero attached hydrogens (tertiary/aromatic N) is 3. The Morgan fingerprint density at radius 2 is 1.62 bits per heavy atom. The van der Waals surface area contributed by atoms with Crippen molar-refractivity contribution in [3.8, 4) is 0 Å². The summed E-state index contributed by atoms with van der Waals surface area (Å²) in [6.07, 6.45) is 7.70. The molecule has 2 aliphatic heterocycles. The first-order valence-corrected chi connectivity index (χ1v) is 13.2. The lowest BCUT2D eigenvalue weighted by Crippen LogP contribution is -2.38. The number of carbonyl (C=O) groups is 3. The van der Waals surface area contributed by atoms with Gasteiger partial charge in [-0.1, -0.05) is 20.3 Å². The number of carbonyl (C=O) groups excluding carboxylic acids is 3. The van der Waals surface area contributed by atoms with Crippen molar-refractivity contribution >= 4 is 29.1 Å². The fraction of sp³-hybridized carbons (Fsp3) is 0.667. The van der Waals surface area contributed by atoms with Crippen molar-refractivity contribution in [2.45, 2.75) is 65.2 Å². The number of anilines is 2. The lowest BCUT2D eigenvalue weighted by atomic mass is 9.85. The Morgan fingerprint density at radius 1 is 0.882 bits per heavy atom. The van der Waals surface area contributed by atoms with Crippen molar-refractivity contribution in [2.75, 3.05) is 49.5 Å². The van der Waals surface area contributed by atoms with Crippen LogP contribution < -0.4 is 10.2 Å². The molecule has 7 heteroatoms. The molecule has 0 aromatic heterocycles. The normalized spacial score (nSPS) is 19.6. The average Bonchev–Trinajstić information content (AvgIpc) is 3.04. The van der Waals surface area contributed by atoms with Gasteiger partial charge in [0, 0.05) is 63.0 Å². The molecule has 0 atom stereocenters. The van der Waals surface area contributed by atoms with Crippen molar-refractivity contribution in [3.63, 3.8) is 0 Å². The van der Waals surface area contributed by atoms with Gasteiger partial charge >= 0.3 is 0 Å². The first kappa shape index (κ1) is 24.6. The minimum absolute atomic E-state index is 0.0476. The number of hydrogen-bond donors (Lipinski definition) is 1. The van der Waals surface area contributed by atoms with Crippen LogP contribution >= 0.6 is 0 Å². The SMILES string of the molecule is CC(C)CC(=O)N1CCCN(c2ccc(NC(=O)C3CCC3)cc2C(=O)N2CCCCC2)CC1. The van der Waals surface area contributed by atoms with Gasteiger partial charge in [-0.25, -0.2) is 0 Å². The Bertz CT molecular complexity index is 890. The van der Waals surface area contributed by atoms with E-state index in [2.05, 4.69) is 24.1 Å². The number of hydrogen-bond acceptors (Lipinski definition) is 4. The van der Waals surface area contributed by atoms with E-state index < -0.39 is 0 Å². The molecule has 1 N–H and O–H groups in total. The Hall–Kier alpha value is -2.57. The summed E-state index contributed by atoms with van der Waals surface area (Å²) in [5.74, 6) is 0.774. The van der Waals surface area contributed by atoms with E-state index in [9.17, 15) is 14.4 Å². The summed E-state index contributed by atoms with van der Waals surface area (Å²) in [5, 5.41) is 3.04. The van der Waals surface area contributed by atoms with Crippen molar-refractivity contribution in [1.82, 2.24) is 9.80 Å². The Morgan fingerprint density at radius 3 is 2.29 bits per heavy atom. The van der Waals surface area contributed by atoms with Crippen molar-refractivity contribution in [2.24, 2.45) is 11.8 Å².